The molecule has 0 atom stereocenters. The molecule has 0 spiro atoms. The van der Waals surface area contributed by atoms with E-state index in [1.165, 1.54) is 11.5 Å². The van der Waals surface area contributed by atoms with Crippen LogP contribution in [0.25, 0.3) is 0 Å². The van der Waals surface area contributed by atoms with Gasteiger partial charge >= 0.3 is 0 Å². The van der Waals surface area contributed by atoms with Crippen LogP contribution in [-0.2, 0) is 6.42 Å². The zero-order valence-corrected chi connectivity index (χ0v) is 15.9. The maximum atomic E-state index is 13.0. The number of rotatable bonds is 5. The molecule has 2 heterocycles. The Labute approximate surface area is 153 Å². The fourth-order valence-electron chi connectivity index (χ4n) is 2.98. The van der Waals surface area contributed by atoms with E-state index >= 15 is 0 Å². The Kier molecular flexibility index (Phi) is 5.65. The van der Waals surface area contributed by atoms with Gasteiger partial charge in [0.2, 0.25) is 5.13 Å². The SMILES string of the molecule is Cc1nsc(N2CCN(C(=O)c3ccccc3CCN(C)C)CC2)n1. The van der Waals surface area contributed by atoms with Crippen molar-refractivity contribution in [2.24, 2.45) is 0 Å². The zero-order chi connectivity index (χ0) is 17.8. The smallest absolute Gasteiger partial charge is 0.254 e. The predicted molar refractivity (Wildman–Crippen MR) is 101 cm³/mol. The number of carbonyl (C=O) groups excluding carboxylic acids is 1. The van der Waals surface area contributed by atoms with Crippen molar-refractivity contribution in [1.82, 2.24) is 19.2 Å². The standard InChI is InChI=1S/C18H25N5OS/c1-14-19-18(25-20-14)23-12-10-22(11-13-23)17(24)16-7-5-4-6-15(16)8-9-21(2)3/h4-7H,8-13H2,1-3H3. The number of benzene rings is 1. The molecule has 1 aliphatic heterocycles. The van der Waals surface area contributed by atoms with Gasteiger partial charge in [-0.2, -0.15) is 4.37 Å². The third-order valence-corrected chi connectivity index (χ3v) is 5.30. The zero-order valence-electron chi connectivity index (χ0n) is 15.1. The number of carbonyl (C=O) groups is 1. The molecule has 1 aromatic carbocycles. The van der Waals surface area contributed by atoms with E-state index in [0.29, 0.717) is 0 Å². The lowest BCUT2D eigenvalue weighted by atomic mass is 10.0. The Morgan fingerprint density at radius 3 is 2.56 bits per heavy atom. The van der Waals surface area contributed by atoms with Gasteiger partial charge in [0.1, 0.15) is 5.82 Å². The number of piperazine rings is 1. The highest BCUT2D eigenvalue weighted by Gasteiger charge is 2.25. The van der Waals surface area contributed by atoms with Crippen LogP contribution in [0, 0.1) is 6.92 Å². The summed E-state index contributed by atoms with van der Waals surface area (Å²) in [4.78, 5) is 23.7. The van der Waals surface area contributed by atoms with Crippen LogP contribution in [0.4, 0.5) is 5.13 Å². The molecule has 0 aliphatic carbocycles. The predicted octanol–water partition coefficient (Wildman–Crippen LogP) is 1.91. The van der Waals surface area contributed by atoms with E-state index in [0.717, 1.165) is 61.2 Å². The molecule has 134 valence electrons. The molecule has 3 rings (SSSR count). The summed E-state index contributed by atoms with van der Waals surface area (Å²) in [6, 6.07) is 7.98. The fourth-order valence-corrected chi connectivity index (χ4v) is 3.70. The molecular weight excluding hydrogens is 334 g/mol. The lowest BCUT2D eigenvalue weighted by Gasteiger charge is -2.34. The maximum absolute atomic E-state index is 13.0. The quantitative estimate of drug-likeness (QED) is 0.816. The van der Waals surface area contributed by atoms with Gasteiger partial charge in [0.25, 0.3) is 5.91 Å². The minimum Gasteiger partial charge on any atom is -0.343 e. The lowest BCUT2D eigenvalue weighted by Crippen LogP contribution is -2.49. The lowest BCUT2D eigenvalue weighted by molar-refractivity contribution is 0.0745. The Balaban J connectivity index is 1.64. The molecule has 1 amide bonds. The monoisotopic (exact) mass is 359 g/mol. The summed E-state index contributed by atoms with van der Waals surface area (Å²) in [5.41, 5.74) is 1.97. The second-order valence-corrected chi connectivity index (χ2v) is 7.34. The van der Waals surface area contributed by atoms with Crippen LogP contribution in [0.3, 0.4) is 0 Å². The minimum absolute atomic E-state index is 0.141. The normalized spacial score (nSPS) is 15.0. The van der Waals surface area contributed by atoms with E-state index in [2.05, 4.69) is 39.3 Å². The fraction of sp³-hybridized carbons (Fsp3) is 0.500. The van der Waals surface area contributed by atoms with E-state index in [9.17, 15) is 4.79 Å². The molecule has 6 nitrogen and oxygen atoms in total. The van der Waals surface area contributed by atoms with Crippen molar-refractivity contribution in [3.8, 4) is 0 Å². The average molecular weight is 359 g/mol. The van der Waals surface area contributed by atoms with Crippen LogP contribution in [0.15, 0.2) is 24.3 Å². The summed E-state index contributed by atoms with van der Waals surface area (Å²) in [5, 5.41) is 0.955. The number of nitrogens with zero attached hydrogens (tertiary/aromatic N) is 5. The number of amides is 1. The first-order chi connectivity index (χ1) is 12.0. The number of aromatic nitrogens is 2. The molecule has 1 aliphatic rings. The summed E-state index contributed by atoms with van der Waals surface area (Å²) in [7, 11) is 4.11. The highest BCUT2D eigenvalue weighted by Crippen LogP contribution is 2.20. The molecule has 2 aromatic rings. The first kappa shape index (κ1) is 17.8. The van der Waals surface area contributed by atoms with Gasteiger partial charge in [0.05, 0.1) is 0 Å². The molecule has 7 heteroatoms. The summed E-state index contributed by atoms with van der Waals surface area (Å²) < 4.78 is 4.24. The third-order valence-electron chi connectivity index (χ3n) is 4.43. The van der Waals surface area contributed by atoms with Crippen molar-refractivity contribution in [2.75, 3.05) is 51.7 Å². The van der Waals surface area contributed by atoms with Crippen LogP contribution in [-0.4, -0.2) is 71.9 Å². The van der Waals surface area contributed by atoms with Crippen molar-refractivity contribution in [1.29, 1.82) is 0 Å². The minimum atomic E-state index is 0.141. The average Bonchev–Trinajstić information content (AvgIpc) is 3.06. The van der Waals surface area contributed by atoms with Crippen molar-refractivity contribution in [3.63, 3.8) is 0 Å². The van der Waals surface area contributed by atoms with Crippen LogP contribution < -0.4 is 4.90 Å². The molecule has 1 saturated heterocycles. The van der Waals surface area contributed by atoms with E-state index < -0.39 is 0 Å². The highest BCUT2D eigenvalue weighted by molar-refractivity contribution is 7.09. The number of anilines is 1. The number of likely N-dealkylation sites (N-methyl/N-ethyl adjacent to an activating group) is 1. The van der Waals surface area contributed by atoms with Gasteiger partial charge in [0.15, 0.2) is 0 Å². The maximum Gasteiger partial charge on any atom is 0.254 e. The first-order valence-electron chi connectivity index (χ1n) is 8.62. The van der Waals surface area contributed by atoms with Gasteiger partial charge in [-0.15, -0.1) is 0 Å². The number of hydrogen-bond donors (Lipinski definition) is 0. The highest BCUT2D eigenvalue weighted by atomic mass is 32.1. The molecule has 1 fully saturated rings. The van der Waals surface area contributed by atoms with Crippen LogP contribution in [0.5, 0.6) is 0 Å². The second kappa shape index (κ2) is 7.93. The Morgan fingerprint density at radius 2 is 1.92 bits per heavy atom. The third kappa shape index (κ3) is 4.35. The molecule has 1 aromatic heterocycles. The Morgan fingerprint density at radius 1 is 1.20 bits per heavy atom. The Bertz CT molecular complexity index is 722. The molecule has 0 bridgehead atoms. The molecule has 0 radical (unpaired) electrons. The summed E-state index contributed by atoms with van der Waals surface area (Å²) in [6.45, 7) is 5.90. The largest absolute Gasteiger partial charge is 0.343 e. The number of hydrogen-bond acceptors (Lipinski definition) is 6. The first-order valence-corrected chi connectivity index (χ1v) is 9.39. The van der Waals surface area contributed by atoms with Gasteiger partial charge in [0, 0.05) is 49.8 Å². The molecule has 0 saturated carbocycles. The molecule has 0 N–H and O–H groups in total. The van der Waals surface area contributed by atoms with Crippen LogP contribution in [0.1, 0.15) is 21.7 Å². The Hall–Kier alpha value is -1.99. The van der Waals surface area contributed by atoms with E-state index in [4.69, 9.17) is 0 Å². The molecule has 25 heavy (non-hydrogen) atoms. The van der Waals surface area contributed by atoms with Gasteiger partial charge in [-0.3, -0.25) is 4.79 Å². The van der Waals surface area contributed by atoms with Crippen molar-refractivity contribution in [2.45, 2.75) is 13.3 Å². The van der Waals surface area contributed by atoms with Crippen LogP contribution in [0.2, 0.25) is 0 Å². The van der Waals surface area contributed by atoms with Crippen molar-refractivity contribution < 1.29 is 4.79 Å². The summed E-state index contributed by atoms with van der Waals surface area (Å²) in [6.07, 6.45) is 0.888. The van der Waals surface area contributed by atoms with Gasteiger partial charge in [-0.1, -0.05) is 18.2 Å². The van der Waals surface area contributed by atoms with Gasteiger partial charge in [-0.05, 0) is 39.1 Å². The topological polar surface area (TPSA) is 52.6 Å². The van der Waals surface area contributed by atoms with Crippen molar-refractivity contribution in [3.05, 3.63) is 41.2 Å². The molecular formula is C18H25N5OS. The van der Waals surface area contributed by atoms with E-state index in [1.807, 2.05) is 30.0 Å². The number of aryl methyl sites for hydroxylation is 1. The van der Waals surface area contributed by atoms with E-state index in [1.54, 1.807) is 0 Å². The second-order valence-electron chi connectivity index (χ2n) is 6.61. The van der Waals surface area contributed by atoms with Crippen LogP contribution >= 0.6 is 11.5 Å². The van der Waals surface area contributed by atoms with Crippen molar-refractivity contribution >= 4 is 22.6 Å². The van der Waals surface area contributed by atoms with E-state index in [-0.39, 0.29) is 5.91 Å². The summed E-state index contributed by atoms with van der Waals surface area (Å²) in [5.74, 6) is 0.954. The summed E-state index contributed by atoms with van der Waals surface area (Å²) >= 11 is 1.43. The van der Waals surface area contributed by atoms with Gasteiger partial charge in [-0.25, -0.2) is 4.98 Å². The molecule has 0 unspecified atom stereocenters. The van der Waals surface area contributed by atoms with Gasteiger partial charge < -0.3 is 14.7 Å².